The van der Waals surface area contributed by atoms with Crippen LogP contribution in [0.3, 0.4) is 0 Å². The molecule has 1 saturated carbocycles. The standard InChI is InChI=1S/C18H22N2O/c1-19(2)18(21)14-10-11-8-9-12(14)17-16(11)13-6-4-5-7-15(13)20(17)3/h4-7,11-12,14H,8-10H2,1-3H3. The van der Waals surface area contributed by atoms with Gasteiger partial charge in [0.15, 0.2) is 0 Å². The number of para-hydroxylation sites is 1. The molecule has 3 aliphatic carbocycles. The summed E-state index contributed by atoms with van der Waals surface area (Å²) in [7, 11) is 5.93. The summed E-state index contributed by atoms with van der Waals surface area (Å²) in [6.45, 7) is 0. The van der Waals surface area contributed by atoms with Gasteiger partial charge in [0.05, 0.1) is 0 Å². The molecule has 0 spiro atoms. The molecular weight excluding hydrogens is 260 g/mol. The van der Waals surface area contributed by atoms with Gasteiger partial charge in [0.2, 0.25) is 5.91 Å². The van der Waals surface area contributed by atoms with Crippen molar-refractivity contribution in [1.29, 1.82) is 0 Å². The van der Waals surface area contributed by atoms with Gasteiger partial charge in [-0.3, -0.25) is 4.79 Å². The third-order valence-electron chi connectivity index (χ3n) is 5.56. The van der Waals surface area contributed by atoms with E-state index in [0.717, 1.165) is 12.8 Å². The van der Waals surface area contributed by atoms with Gasteiger partial charge >= 0.3 is 0 Å². The van der Waals surface area contributed by atoms with Crippen LogP contribution in [-0.4, -0.2) is 29.5 Å². The Morgan fingerprint density at radius 1 is 1.24 bits per heavy atom. The van der Waals surface area contributed by atoms with Crippen LogP contribution in [0.4, 0.5) is 0 Å². The summed E-state index contributed by atoms with van der Waals surface area (Å²) in [4.78, 5) is 14.3. The van der Waals surface area contributed by atoms with E-state index in [-0.39, 0.29) is 5.92 Å². The SMILES string of the molecule is CN(C)C(=O)C1CC2CCC1c1c2c2ccccc2n1C. The summed E-state index contributed by atoms with van der Waals surface area (Å²) >= 11 is 0. The quantitative estimate of drug-likeness (QED) is 0.788. The van der Waals surface area contributed by atoms with Crippen LogP contribution >= 0.6 is 0 Å². The van der Waals surface area contributed by atoms with E-state index >= 15 is 0 Å². The zero-order valence-corrected chi connectivity index (χ0v) is 13.0. The Labute approximate surface area is 125 Å². The van der Waals surface area contributed by atoms with E-state index in [0.29, 0.717) is 17.7 Å². The van der Waals surface area contributed by atoms with Crippen LogP contribution in [0.1, 0.15) is 42.4 Å². The van der Waals surface area contributed by atoms with Crippen molar-refractivity contribution in [3.63, 3.8) is 0 Å². The molecule has 5 rings (SSSR count). The highest BCUT2D eigenvalue weighted by molar-refractivity contribution is 5.88. The Bertz CT molecular complexity index is 728. The Hall–Kier alpha value is -1.77. The smallest absolute Gasteiger partial charge is 0.225 e. The number of rotatable bonds is 1. The minimum absolute atomic E-state index is 0.175. The van der Waals surface area contributed by atoms with Crippen molar-refractivity contribution in [1.82, 2.24) is 9.47 Å². The van der Waals surface area contributed by atoms with E-state index in [2.05, 4.69) is 35.9 Å². The number of aryl methyl sites for hydroxylation is 1. The zero-order valence-electron chi connectivity index (χ0n) is 13.0. The Kier molecular flexibility index (Phi) is 2.69. The summed E-state index contributed by atoms with van der Waals surface area (Å²) < 4.78 is 2.34. The maximum absolute atomic E-state index is 12.5. The first-order valence-electron chi connectivity index (χ1n) is 7.88. The topological polar surface area (TPSA) is 25.2 Å². The minimum atomic E-state index is 0.175. The van der Waals surface area contributed by atoms with Gasteiger partial charge in [-0.15, -0.1) is 0 Å². The molecule has 3 aliphatic rings. The van der Waals surface area contributed by atoms with E-state index in [1.165, 1.54) is 28.6 Å². The monoisotopic (exact) mass is 282 g/mol. The third kappa shape index (κ3) is 1.63. The third-order valence-corrected chi connectivity index (χ3v) is 5.56. The van der Waals surface area contributed by atoms with Crippen molar-refractivity contribution >= 4 is 16.8 Å². The molecule has 0 aliphatic heterocycles. The van der Waals surface area contributed by atoms with Crippen LogP contribution < -0.4 is 0 Å². The van der Waals surface area contributed by atoms with Crippen molar-refractivity contribution < 1.29 is 4.79 Å². The number of hydrogen-bond donors (Lipinski definition) is 0. The lowest BCUT2D eigenvalue weighted by atomic mass is 9.63. The first kappa shape index (κ1) is 12.9. The average molecular weight is 282 g/mol. The lowest BCUT2D eigenvalue weighted by Gasteiger charge is -2.43. The molecule has 1 amide bonds. The van der Waals surface area contributed by atoms with Crippen LogP contribution in [0.2, 0.25) is 0 Å². The second-order valence-electron chi connectivity index (χ2n) is 6.83. The molecule has 0 radical (unpaired) electrons. The van der Waals surface area contributed by atoms with Gasteiger partial charge in [-0.25, -0.2) is 0 Å². The molecule has 21 heavy (non-hydrogen) atoms. The second-order valence-corrected chi connectivity index (χ2v) is 6.83. The molecule has 1 fully saturated rings. The highest BCUT2D eigenvalue weighted by Gasteiger charge is 2.46. The van der Waals surface area contributed by atoms with Crippen LogP contribution in [-0.2, 0) is 11.8 Å². The molecule has 2 aromatic rings. The molecule has 3 nitrogen and oxygen atoms in total. The van der Waals surface area contributed by atoms with Gasteiger partial charge in [0, 0.05) is 49.6 Å². The zero-order chi connectivity index (χ0) is 14.7. The first-order chi connectivity index (χ1) is 10.1. The van der Waals surface area contributed by atoms with Crippen molar-refractivity contribution in [2.24, 2.45) is 13.0 Å². The first-order valence-corrected chi connectivity index (χ1v) is 7.88. The van der Waals surface area contributed by atoms with Crippen molar-refractivity contribution in [2.45, 2.75) is 31.1 Å². The predicted molar refractivity (Wildman–Crippen MR) is 84.4 cm³/mol. The fraction of sp³-hybridized carbons (Fsp3) is 0.500. The molecular formula is C18H22N2O. The molecule has 1 aromatic heterocycles. The molecule has 3 unspecified atom stereocenters. The van der Waals surface area contributed by atoms with Crippen molar-refractivity contribution in [3.8, 4) is 0 Å². The molecule has 3 atom stereocenters. The van der Waals surface area contributed by atoms with Crippen molar-refractivity contribution in [3.05, 3.63) is 35.5 Å². The van der Waals surface area contributed by atoms with Gasteiger partial charge < -0.3 is 9.47 Å². The van der Waals surface area contributed by atoms with Gasteiger partial charge in [0.25, 0.3) is 0 Å². The van der Waals surface area contributed by atoms with Crippen LogP contribution in [0.15, 0.2) is 24.3 Å². The molecule has 1 heterocycles. The summed E-state index contributed by atoms with van der Waals surface area (Å²) in [6.07, 6.45) is 3.43. The summed E-state index contributed by atoms with van der Waals surface area (Å²) in [5.74, 6) is 1.44. The fourth-order valence-electron chi connectivity index (χ4n) is 4.68. The Balaban J connectivity index is 1.91. The van der Waals surface area contributed by atoms with Gasteiger partial charge in [-0.05, 0) is 36.8 Å². The average Bonchev–Trinajstić information content (AvgIpc) is 2.83. The molecule has 0 saturated heterocycles. The number of hydrogen-bond acceptors (Lipinski definition) is 1. The lowest BCUT2D eigenvalue weighted by molar-refractivity contribution is -0.135. The normalized spacial score (nSPS) is 26.9. The summed E-state index contributed by atoms with van der Waals surface area (Å²) in [5, 5.41) is 1.40. The number of fused-ring (bicyclic) bond motifs is 3. The van der Waals surface area contributed by atoms with Crippen LogP contribution in [0, 0.1) is 5.92 Å². The van der Waals surface area contributed by atoms with Gasteiger partial charge in [0.1, 0.15) is 0 Å². The number of carbonyl (C=O) groups is 1. The number of aromatic nitrogens is 1. The lowest BCUT2D eigenvalue weighted by Crippen LogP contribution is -2.40. The van der Waals surface area contributed by atoms with E-state index in [4.69, 9.17) is 0 Å². The van der Waals surface area contributed by atoms with E-state index in [1.807, 2.05) is 14.1 Å². The number of amides is 1. The number of carbonyl (C=O) groups excluding carboxylic acids is 1. The fourth-order valence-corrected chi connectivity index (χ4v) is 4.68. The summed E-state index contributed by atoms with van der Waals surface area (Å²) in [6, 6.07) is 8.69. The highest BCUT2D eigenvalue weighted by Crippen LogP contribution is 2.55. The van der Waals surface area contributed by atoms with Gasteiger partial charge in [-0.2, -0.15) is 0 Å². The molecule has 3 heteroatoms. The number of benzene rings is 1. The predicted octanol–water partition coefficient (Wildman–Crippen LogP) is 3.25. The molecule has 110 valence electrons. The van der Waals surface area contributed by atoms with E-state index < -0.39 is 0 Å². The highest BCUT2D eigenvalue weighted by atomic mass is 16.2. The van der Waals surface area contributed by atoms with E-state index in [9.17, 15) is 4.79 Å². The second kappa shape index (κ2) is 4.36. The number of nitrogens with zero attached hydrogens (tertiary/aromatic N) is 2. The maximum atomic E-state index is 12.5. The Morgan fingerprint density at radius 2 is 2.00 bits per heavy atom. The van der Waals surface area contributed by atoms with Crippen LogP contribution in [0.5, 0.6) is 0 Å². The van der Waals surface area contributed by atoms with Gasteiger partial charge in [-0.1, -0.05) is 18.2 Å². The summed E-state index contributed by atoms with van der Waals surface area (Å²) in [5.41, 5.74) is 4.28. The minimum Gasteiger partial charge on any atom is -0.349 e. The van der Waals surface area contributed by atoms with E-state index in [1.54, 1.807) is 4.90 Å². The largest absolute Gasteiger partial charge is 0.349 e. The molecule has 0 N–H and O–H groups in total. The molecule has 1 aromatic carbocycles. The van der Waals surface area contributed by atoms with Crippen LogP contribution in [0.25, 0.3) is 10.9 Å². The maximum Gasteiger partial charge on any atom is 0.225 e. The molecule has 2 bridgehead atoms. The van der Waals surface area contributed by atoms with Crippen molar-refractivity contribution in [2.75, 3.05) is 14.1 Å². The Morgan fingerprint density at radius 3 is 2.76 bits per heavy atom.